The zero-order chi connectivity index (χ0) is 19.4. The lowest BCUT2D eigenvalue weighted by Gasteiger charge is -2.18. The highest BCUT2D eigenvalue weighted by atomic mass is 32.2. The Balaban J connectivity index is 1.31. The minimum absolute atomic E-state index is 0.650. The predicted octanol–water partition coefficient (Wildman–Crippen LogP) is 2.30. The average molecular weight is 430 g/mol. The largest absolute Gasteiger partial charge is 0.549 e. The minimum atomic E-state index is -1.30. The number of aromatic nitrogens is 2. The van der Waals surface area contributed by atoms with Crippen LogP contribution in [0.5, 0.6) is 0 Å². The van der Waals surface area contributed by atoms with E-state index in [4.69, 9.17) is 4.74 Å². The topological polar surface area (TPSA) is 91.8 Å². The molecule has 2 fully saturated rings. The third-order valence-electron chi connectivity index (χ3n) is 5.46. The van der Waals surface area contributed by atoms with E-state index in [2.05, 4.69) is 23.6 Å². The SMILES string of the molecule is [O-][s+]1[nH]c(=NCCSCCOCCN2CCCC2)c(=NCC2CCCCC2)[nH]1. The van der Waals surface area contributed by atoms with Crippen LogP contribution in [0.2, 0.25) is 0 Å². The molecule has 0 spiro atoms. The van der Waals surface area contributed by atoms with Crippen LogP contribution in [0.25, 0.3) is 0 Å². The molecular weight excluding hydrogens is 394 g/mol. The van der Waals surface area contributed by atoms with Gasteiger partial charge in [0.2, 0.25) is 11.0 Å². The summed E-state index contributed by atoms with van der Waals surface area (Å²) in [6, 6.07) is 0. The first kappa shape index (κ1) is 22.1. The van der Waals surface area contributed by atoms with E-state index in [1.54, 1.807) is 0 Å². The normalized spacial score (nSPS) is 21.1. The van der Waals surface area contributed by atoms with E-state index in [-0.39, 0.29) is 0 Å². The van der Waals surface area contributed by atoms with E-state index in [1.807, 2.05) is 11.8 Å². The van der Waals surface area contributed by atoms with Crippen LogP contribution in [0.4, 0.5) is 0 Å². The van der Waals surface area contributed by atoms with Gasteiger partial charge in [-0.15, -0.1) is 0 Å². The fraction of sp³-hybridized carbons (Fsp3) is 0.895. The van der Waals surface area contributed by atoms with E-state index < -0.39 is 11.1 Å². The number of thioether (sulfide) groups is 1. The monoisotopic (exact) mass is 429 g/mol. The van der Waals surface area contributed by atoms with E-state index in [9.17, 15) is 4.55 Å². The van der Waals surface area contributed by atoms with Crippen molar-refractivity contribution in [2.24, 2.45) is 15.9 Å². The van der Waals surface area contributed by atoms with Gasteiger partial charge >= 0.3 is 0 Å². The quantitative estimate of drug-likeness (QED) is 0.417. The highest BCUT2D eigenvalue weighted by Crippen LogP contribution is 2.23. The maximum absolute atomic E-state index is 11.7. The van der Waals surface area contributed by atoms with Gasteiger partial charge in [0.1, 0.15) is 11.1 Å². The molecule has 1 atom stereocenters. The van der Waals surface area contributed by atoms with Crippen molar-refractivity contribution in [3.63, 3.8) is 0 Å². The summed E-state index contributed by atoms with van der Waals surface area (Å²) < 4.78 is 23.2. The predicted molar refractivity (Wildman–Crippen MR) is 115 cm³/mol. The van der Waals surface area contributed by atoms with E-state index >= 15 is 0 Å². The van der Waals surface area contributed by atoms with Crippen LogP contribution in [-0.2, 0) is 4.74 Å². The smallest absolute Gasteiger partial charge is 0.219 e. The van der Waals surface area contributed by atoms with Crippen LogP contribution in [0.1, 0.15) is 44.9 Å². The number of likely N-dealkylation sites (tertiary alicyclic amines) is 1. The molecular formula is C19H35N5O2S2. The third kappa shape index (κ3) is 8.02. The highest BCUT2D eigenvalue weighted by Gasteiger charge is 2.13. The molecule has 3 rings (SSSR count). The molecule has 0 amide bonds. The van der Waals surface area contributed by atoms with Crippen molar-refractivity contribution >= 4 is 22.9 Å². The molecule has 1 saturated heterocycles. The van der Waals surface area contributed by atoms with Crippen LogP contribution in [0.15, 0.2) is 9.98 Å². The van der Waals surface area contributed by atoms with Crippen molar-refractivity contribution in [2.45, 2.75) is 44.9 Å². The van der Waals surface area contributed by atoms with Crippen LogP contribution < -0.4 is 11.0 Å². The summed E-state index contributed by atoms with van der Waals surface area (Å²) in [5, 5.41) is 0. The maximum Gasteiger partial charge on any atom is 0.219 e. The summed E-state index contributed by atoms with van der Waals surface area (Å²) in [6.07, 6.45) is 9.17. The summed E-state index contributed by atoms with van der Waals surface area (Å²) in [7, 11) is 0. The molecule has 2 N–H and O–H groups in total. The van der Waals surface area contributed by atoms with E-state index in [1.165, 1.54) is 58.0 Å². The Bertz CT molecular complexity index is 672. The van der Waals surface area contributed by atoms with Gasteiger partial charge in [0.05, 0.1) is 19.8 Å². The third-order valence-corrected chi connectivity index (χ3v) is 7.15. The molecule has 1 unspecified atom stereocenters. The molecule has 2 aliphatic rings. The van der Waals surface area contributed by atoms with Gasteiger partial charge in [-0.3, -0.25) is 9.98 Å². The van der Waals surface area contributed by atoms with E-state index in [0.29, 0.717) is 23.4 Å². The van der Waals surface area contributed by atoms with Crippen molar-refractivity contribution in [1.82, 2.24) is 13.6 Å². The zero-order valence-corrected chi connectivity index (χ0v) is 18.5. The van der Waals surface area contributed by atoms with Crippen LogP contribution in [-0.4, -0.2) is 75.6 Å². The Morgan fingerprint density at radius 2 is 1.75 bits per heavy atom. The molecule has 1 aliphatic carbocycles. The zero-order valence-electron chi connectivity index (χ0n) is 16.9. The summed E-state index contributed by atoms with van der Waals surface area (Å²) >= 11 is 0.552. The summed E-state index contributed by atoms with van der Waals surface area (Å²) in [5.41, 5.74) is 1.32. The van der Waals surface area contributed by atoms with Gasteiger partial charge in [-0.1, -0.05) is 19.3 Å². The highest BCUT2D eigenvalue weighted by molar-refractivity contribution is 7.99. The maximum atomic E-state index is 11.7. The Morgan fingerprint density at radius 3 is 2.54 bits per heavy atom. The lowest BCUT2D eigenvalue weighted by molar-refractivity contribution is 0.124. The molecule has 1 saturated carbocycles. The Labute approximate surface area is 175 Å². The minimum Gasteiger partial charge on any atom is -0.549 e. The molecule has 0 aromatic carbocycles. The summed E-state index contributed by atoms with van der Waals surface area (Å²) in [4.78, 5) is 11.7. The van der Waals surface area contributed by atoms with Crippen molar-refractivity contribution in [1.29, 1.82) is 0 Å². The molecule has 0 radical (unpaired) electrons. The Kier molecular flexibility index (Phi) is 10.1. The molecule has 9 heteroatoms. The summed E-state index contributed by atoms with van der Waals surface area (Å²) in [5.74, 6) is 2.59. The molecule has 1 aromatic rings. The standard InChI is InChI=1S/C19H35N5O2S2/c25-28-22-18(19(23-28)21-16-17-6-2-1-3-7-17)20-8-14-27-15-13-26-12-11-24-9-4-5-10-24/h17H,1-16H2,(H,20,22)(H,21,23). The molecule has 2 heterocycles. The first-order valence-electron chi connectivity index (χ1n) is 10.7. The number of aromatic amines is 2. The van der Waals surface area contributed by atoms with Crippen molar-refractivity contribution in [3.05, 3.63) is 11.0 Å². The number of ether oxygens (including phenoxy) is 1. The van der Waals surface area contributed by atoms with Crippen molar-refractivity contribution in [3.8, 4) is 0 Å². The van der Waals surface area contributed by atoms with Gasteiger partial charge < -0.3 is 14.2 Å². The Hall–Kier alpha value is -0.610. The first-order chi connectivity index (χ1) is 13.8. The van der Waals surface area contributed by atoms with E-state index in [0.717, 1.165) is 37.8 Å². The summed E-state index contributed by atoms with van der Waals surface area (Å²) in [6.45, 7) is 6.68. The molecule has 0 bridgehead atoms. The molecule has 28 heavy (non-hydrogen) atoms. The average Bonchev–Trinajstić information content (AvgIpc) is 3.35. The fourth-order valence-corrected chi connectivity index (χ4v) is 5.23. The molecule has 7 nitrogen and oxygen atoms in total. The van der Waals surface area contributed by atoms with Crippen LogP contribution >= 0.6 is 22.9 Å². The number of nitrogens with zero attached hydrogens (tertiary/aromatic N) is 3. The second-order valence-corrected chi connectivity index (χ2v) is 9.84. The number of nitrogens with one attached hydrogen (secondary N) is 2. The van der Waals surface area contributed by atoms with Gasteiger partial charge in [-0.25, -0.2) is 0 Å². The van der Waals surface area contributed by atoms with Gasteiger partial charge in [-0.2, -0.15) is 20.5 Å². The van der Waals surface area contributed by atoms with Gasteiger partial charge in [0, 0.05) is 24.6 Å². The molecule has 1 aliphatic heterocycles. The van der Waals surface area contributed by atoms with Gasteiger partial charge in [-0.05, 0) is 44.7 Å². The van der Waals surface area contributed by atoms with Gasteiger partial charge in [0.15, 0.2) is 0 Å². The van der Waals surface area contributed by atoms with Crippen molar-refractivity contribution < 1.29 is 9.29 Å². The first-order valence-corrected chi connectivity index (χ1v) is 13.0. The van der Waals surface area contributed by atoms with Crippen LogP contribution in [0.3, 0.4) is 0 Å². The second-order valence-electron chi connectivity index (χ2n) is 7.67. The second kappa shape index (κ2) is 12.8. The van der Waals surface area contributed by atoms with Crippen LogP contribution in [0, 0.1) is 5.92 Å². The fourth-order valence-electron chi connectivity index (χ4n) is 3.85. The lowest BCUT2D eigenvalue weighted by Crippen LogP contribution is -2.27. The lowest BCUT2D eigenvalue weighted by atomic mass is 9.89. The number of hydrogen-bond acceptors (Lipinski definition) is 6. The number of rotatable bonds is 11. The van der Waals surface area contributed by atoms with Gasteiger partial charge in [0.25, 0.3) is 0 Å². The molecule has 1 aromatic heterocycles. The number of hydrogen-bond donors (Lipinski definition) is 2. The van der Waals surface area contributed by atoms with Crippen molar-refractivity contribution in [2.75, 3.05) is 57.4 Å². The Morgan fingerprint density at radius 1 is 1.00 bits per heavy atom. The number of H-pyrrole nitrogens is 2. The molecule has 160 valence electrons.